The first-order valence-electron chi connectivity index (χ1n) is 6.53. The normalized spacial score (nSPS) is 14.1. The molecule has 1 fully saturated rings. The maximum absolute atomic E-state index is 11.9. The van der Waals surface area contributed by atoms with Crippen LogP contribution in [-0.4, -0.2) is 21.9 Å². The zero-order valence-corrected chi connectivity index (χ0v) is 13.4. The van der Waals surface area contributed by atoms with E-state index in [0.29, 0.717) is 20.3 Å². The number of thiophene rings is 1. The smallest absolute Gasteiger partial charge is 0.226 e. The molecule has 0 atom stereocenters. The second-order valence-corrected chi connectivity index (χ2v) is 7.52. The number of aromatic nitrogens is 2. The van der Waals surface area contributed by atoms with Gasteiger partial charge in [0.25, 0.3) is 0 Å². The molecule has 0 unspecified atom stereocenters. The number of nitrogens with one attached hydrogen (secondary N) is 1. The lowest BCUT2D eigenvalue weighted by Crippen LogP contribution is -2.13. The van der Waals surface area contributed by atoms with Gasteiger partial charge in [-0.1, -0.05) is 22.9 Å². The Hall–Kier alpha value is -1.31. The maximum atomic E-state index is 11.9. The summed E-state index contributed by atoms with van der Waals surface area (Å²) in [5.41, 5.74) is 0. The number of amides is 1. The third-order valence-corrected chi connectivity index (χ3v) is 5.31. The highest BCUT2D eigenvalue weighted by Gasteiger charge is 2.27. The highest BCUT2D eigenvalue weighted by molar-refractivity contribution is 7.18. The molecule has 1 saturated carbocycles. The molecule has 2 aromatic rings. The Kier molecular flexibility index (Phi) is 4.32. The molecule has 110 valence electrons. The van der Waals surface area contributed by atoms with Gasteiger partial charge in [0.05, 0.1) is 9.21 Å². The molecule has 3 rings (SSSR count). The van der Waals surface area contributed by atoms with Crippen LogP contribution in [0.4, 0.5) is 5.13 Å². The number of Topliss-reactive ketones (excluding diaryl/α,β-unsaturated/α-hetero) is 1. The van der Waals surface area contributed by atoms with E-state index in [1.54, 1.807) is 12.1 Å². The first kappa shape index (κ1) is 14.6. The molecule has 1 amide bonds. The third-order valence-electron chi connectivity index (χ3n) is 3.04. The summed E-state index contributed by atoms with van der Waals surface area (Å²) in [6, 6.07) is 3.36. The van der Waals surface area contributed by atoms with Crippen LogP contribution < -0.4 is 5.32 Å². The van der Waals surface area contributed by atoms with Crippen LogP contribution in [0, 0.1) is 0 Å². The van der Waals surface area contributed by atoms with E-state index < -0.39 is 0 Å². The third kappa shape index (κ3) is 3.87. The highest BCUT2D eigenvalue weighted by atomic mass is 35.5. The van der Waals surface area contributed by atoms with Crippen molar-refractivity contribution in [1.29, 1.82) is 0 Å². The molecule has 0 aliphatic heterocycles. The maximum Gasteiger partial charge on any atom is 0.226 e. The lowest BCUT2D eigenvalue weighted by molar-refractivity contribution is -0.116. The molecule has 0 aromatic carbocycles. The SMILES string of the molecule is O=C(CCC(=O)c1ccc(Cl)s1)Nc1nnc(C2CC2)s1. The number of nitrogens with zero attached hydrogens (tertiary/aromatic N) is 2. The first-order valence-corrected chi connectivity index (χ1v) is 8.54. The molecule has 21 heavy (non-hydrogen) atoms. The van der Waals surface area contributed by atoms with Gasteiger partial charge < -0.3 is 5.32 Å². The Balaban J connectivity index is 1.48. The van der Waals surface area contributed by atoms with Crippen molar-refractivity contribution in [2.45, 2.75) is 31.6 Å². The molecule has 0 spiro atoms. The van der Waals surface area contributed by atoms with Gasteiger partial charge >= 0.3 is 0 Å². The Labute approximate surface area is 134 Å². The zero-order chi connectivity index (χ0) is 14.8. The van der Waals surface area contributed by atoms with Gasteiger partial charge in [0.2, 0.25) is 11.0 Å². The van der Waals surface area contributed by atoms with Gasteiger partial charge in [-0.15, -0.1) is 21.5 Å². The largest absolute Gasteiger partial charge is 0.301 e. The summed E-state index contributed by atoms with van der Waals surface area (Å²) in [5.74, 6) is 0.237. The summed E-state index contributed by atoms with van der Waals surface area (Å²) in [7, 11) is 0. The van der Waals surface area contributed by atoms with Crippen LogP contribution in [0.25, 0.3) is 0 Å². The van der Waals surface area contributed by atoms with E-state index in [1.165, 1.54) is 22.7 Å². The van der Waals surface area contributed by atoms with Crippen molar-refractivity contribution in [3.63, 3.8) is 0 Å². The Morgan fingerprint density at radius 2 is 2.05 bits per heavy atom. The number of ketones is 1. The van der Waals surface area contributed by atoms with E-state index in [9.17, 15) is 9.59 Å². The Morgan fingerprint density at radius 1 is 1.24 bits per heavy atom. The number of carbonyl (C=O) groups excluding carboxylic acids is 2. The predicted octanol–water partition coefficient (Wildman–Crippen LogP) is 3.73. The molecule has 1 N–H and O–H groups in total. The van der Waals surface area contributed by atoms with Gasteiger partial charge in [-0.25, -0.2) is 0 Å². The van der Waals surface area contributed by atoms with E-state index in [0.717, 1.165) is 17.8 Å². The van der Waals surface area contributed by atoms with Crippen LogP contribution in [0.2, 0.25) is 4.34 Å². The van der Waals surface area contributed by atoms with Crippen LogP contribution >= 0.6 is 34.3 Å². The zero-order valence-electron chi connectivity index (χ0n) is 11.0. The number of carbonyl (C=O) groups is 2. The topological polar surface area (TPSA) is 72.0 Å². The molecule has 8 heteroatoms. The minimum atomic E-state index is -0.218. The van der Waals surface area contributed by atoms with Crippen molar-refractivity contribution in [1.82, 2.24) is 10.2 Å². The molecule has 1 aliphatic carbocycles. The van der Waals surface area contributed by atoms with E-state index in [-0.39, 0.29) is 24.5 Å². The number of hydrogen-bond donors (Lipinski definition) is 1. The van der Waals surface area contributed by atoms with Crippen LogP contribution in [0.15, 0.2) is 12.1 Å². The monoisotopic (exact) mass is 341 g/mol. The van der Waals surface area contributed by atoms with Crippen LogP contribution in [0.3, 0.4) is 0 Å². The predicted molar refractivity (Wildman–Crippen MR) is 83.4 cm³/mol. The summed E-state index contributed by atoms with van der Waals surface area (Å²) in [5, 5.41) is 12.2. The van der Waals surface area contributed by atoms with Gasteiger partial charge in [-0.2, -0.15) is 0 Å². The minimum absolute atomic E-state index is 0.0713. The number of hydrogen-bond acceptors (Lipinski definition) is 6. The Morgan fingerprint density at radius 3 is 2.71 bits per heavy atom. The first-order chi connectivity index (χ1) is 10.1. The number of rotatable bonds is 6. The molecule has 0 saturated heterocycles. The quantitative estimate of drug-likeness (QED) is 0.812. The van der Waals surface area contributed by atoms with E-state index >= 15 is 0 Å². The summed E-state index contributed by atoms with van der Waals surface area (Å²) in [6.07, 6.45) is 2.60. The molecule has 0 bridgehead atoms. The fraction of sp³-hybridized carbons (Fsp3) is 0.385. The molecular weight excluding hydrogens is 330 g/mol. The average Bonchev–Trinajstić information content (AvgIpc) is 3.06. The van der Waals surface area contributed by atoms with Gasteiger partial charge in [0, 0.05) is 18.8 Å². The van der Waals surface area contributed by atoms with Crippen LogP contribution in [0.5, 0.6) is 0 Å². The standard InChI is InChI=1S/C13H12ClN3O2S2/c14-10-5-4-9(20-10)8(18)3-6-11(19)15-13-17-16-12(21-13)7-1-2-7/h4-5,7H,1-3,6H2,(H,15,17,19). The molecule has 5 nitrogen and oxygen atoms in total. The van der Waals surface area contributed by atoms with Gasteiger partial charge in [-0.3, -0.25) is 9.59 Å². The molecule has 1 aliphatic rings. The second kappa shape index (κ2) is 6.21. The van der Waals surface area contributed by atoms with Crippen LogP contribution in [0.1, 0.15) is 46.3 Å². The lowest BCUT2D eigenvalue weighted by Gasteiger charge is -1.99. The Bertz CT molecular complexity index is 679. The molecule has 2 aromatic heterocycles. The van der Waals surface area contributed by atoms with Crippen molar-refractivity contribution in [3.8, 4) is 0 Å². The van der Waals surface area contributed by atoms with Crippen molar-refractivity contribution in [3.05, 3.63) is 26.4 Å². The van der Waals surface area contributed by atoms with Crippen molar-refractivity contribution in [2.24, 2.45) is 0 Å². The lowest BCUT2D eigenvalue weighted by atomic mass is 10.2. The molecule has 2 heterocycles. The fourth-order valence-corrected chi connectivity index (χ4v) is 3.72. The number of halogens is 1. The van der Waals surface area contributed by atoms with E-state index in [4.69, 9.17) is 11.6 Å². The summed E-state index contributed by atoms with van der Waals surface area (Å²) in [4.78, 5) is 24.2. The summed E-state index contributed by atoms with van der Waals surface area (Å²) >= 11 is 8.42. The second-order valence-electron chi connectivity index (χ2n) is 4.79. The average molecular weight is 342 g/mol. The number of anilines is 1. The fourth-order valence-electron chi connectivity index (χ4n) is 1.78. The van der Waals surface area contributed by atoms with Gasteiger partial charge in [0.15, 0.2) is 5.78 Å². The summed E-state index contributed by atoms with van der Waals surface area (Å²) < 4.78 is 0.573. The van der Waals surface area contributed by atoms with E-state index in [1.807, 2.05) is 0 Å². The van der Waals surface area contributed by atoms with Crippen molar-refractivity contribution < 1.29 is 9.59 Å². The van der Waals surface area contributed by atoms with E-state index in [2.05, 4.69) is 15.5 Å². The van der Waals surface area contributed by atoms with Gasteiger partial charge in [0.1, 0.15) is 5.01 Å². The minimum Gasteiger partial charge on any atom is -0.301 e. The molecule has 0 radical (unpaired) electrons. The molecular formula is C13H12ClN3O2S2. The highest BCUT2D eigenvalue weighted by Crippen LogP contribution is 2.42. The van der Waals surface area contributed by atoms with Crippen molar-refractivity contribution in [2.75, 3.05) is 5.32 Å². The van der Waals surface area contributed by atoms with Crippen LogP contribution in [-0.2, 0) is 4.79 Å². The van der Waals surface area contributed by atoms with Gasteiger partial charge in [-0.05, 0) is 25.0 Å². The van der Waals surface area contributed by atoms with Crippen molar-refractivity contribution >= 4 is 51.1 Å². The summed E-state index contributed by atoms with van der Waals surface area (Å²) in [6.45, 7) is 0.